The molecule has 7 heteroatoms. The summed E-state index contributed by atoms with van der Waals surface area (Å²) < 4.78 is 19.4. The number of hydrogen-bond acceptors (Lipinski definition) is 4. The first-order valence-electron chi connectivity index (χ1n) is 9.38. The lowest BCUT2D eigenvalue weighted by molar-refractivity contribution is 0.0224. The van der Waals surface area contributed by atoms with Gasteiger partial charge in [0, 0.05) is 29.4 Å². The Balaban J connectivity index is 1.92. The van der Waals surface area contributed by atoms with Gasteiger partial charge in [-0.15, -0.1) is 0 Å². The predicted molar refractivity (Wildman–Crippen MR) is 113 cm³/mol. The van der Waals surface area contributed by atoms with Gasteiger partial charge >= 0.3 is 0 Å². The van der Waals surface area contributed by atoms with Crippen LogP contribution < -0.4 is 4.74 Å². The Hall–Kier alpha value is -1.16. The van der Waals surface area contributed by atoms with Crippen LogP contribution in [0.15, 0.2) is 24.5 Å². The largest absolute Gasteiger partial charge is 0.465 e. The van der Waals surface area contributed by atoms with E-state index < -0.39 is 16.1 Å². The summed E-state index contributed by atoms with van der Waals surface area (Å²) in [5.41, 5.74) is 1.88. The van der Waals surface area contributed by atoms with Crippen LogP contribution in [0.4, 0.5) is 0 Å². The average Bonchev–Trinajstić information content (AvgIpc) is 2.93. The number of hydrogen-bond donors (Lipinski definition) is 0. The van der Waals surface area contributed by atoms with E-state index >= 15 is 0 Å². The molecule has 0 bridgehead atoms. The molecule has 0 saturated carbocycles. The molecule has 0 unspecified atom stereocenters. The van der Waals surface area contributed by atoms with Crippen LogP contribution in [0.3, 0.4) is 0 Å². The summed E-state index contributed by atoms with van der Waals surface area (Å²) in [4.78, 5) is 4.46. The van der Waals surface area contributed by atoms with E-state index in [4.69, 9.17) is 14.2 Å². The summed E-state index contributed by atoms with van der Waals surface area (Å²) >= 11 is 0. The van der Waals surface area contributed by atoms with Crippen molar-refractivity contribution in [1.29, 1.82) is 0 Å². The van der Waals surface area contributed by atoms with Crippen LogP contribution in [0.5, 0.6) is 5.75 Å². The van der Waals surface area contributed by atoms with Crippen LogP contribution in [-0.2, 0) is 16.2 Å². The van der Waals surface area contributed by atoms with Gasteiger partial charge < -0.3 is 18.8 Å². The second-order valence-corrected chi connectivity index (χ2v) is 20.4. The minimum absolute atomic E-state index is 0.269. The Bertz CT molecular complexity index is 690. The number of nitrogens with zero attached hydrogens (tertiary/aromatic N) is 2. The zero-order valence-corrected chi connectivity index (χ0v) is 19.2. The first kappa shape index (κ1) is 21.1. The molecule has 0 radical (unpaired) electrons. The van der Waals surface area contributed by atoms with Crippen molar-refractivity contribution in [3.63, 3.8) is 0 Å². The van der Waals surface area contributed by atoms with E-state index in [1.807, 2.05) is 29.1 Å². The molecule has 0 fully saturated rings. The maximum absolute atomic E-state index is 5.88. The Morgan fingerprint density at radius 3 is 2.23 bits per heavy atom. The monoisotopic (exact) mass is 394 g/mol. The molecular weight excluding hydrogens is 360 g/mol. The highest BCUT2D eigenvalue weighted by molar-refractivity contribution is 6.76. The van der Waals surface area contributed by atoms with Crippen molar-refractivity contribution in [2.45, 2.75) is 58.1 Å². The Labute approximate surface area is 159 Å². The van der Waals surface area contributed by atoms with Crippen LogP contribution >= 0.6 is 0 Å². The van der Waals surface area contributed by atoms with E-state index in [0.717, 1.165) is 42.1 Å². The number of ether oxygens (including phenoxy) is 3. The molecule has 0 saturated heterocycles. The number of benzene rings is 1. The van der Waals surface area contributed by atoms with Crippen molar-refractivity contribution in [1.82, 2.24) is 9.55 Å². The molecule has 0 aliphatic carbocycles. The third-order valence-corrected chi connectivity index (χ3v) is 7.53. The van der Waals surface area contributed by atoms with Crippen molar-refractivity contribution >= 4 is 27.2 Å². The molecule has 2 aromatic rings. The number of imidazole rings is 1. The molecule has 2 rings (SSSR count). The first-order valence-corrected chi connectivity index (χ1v) is 16.8. The zero-order valence-electron chi connectivity index (χ0n) is 17.2. The SMILES string of the molecule is C[Si](C)(C)CCOCOc1cccc2ncn(COCC[Si](C)(C)C)c12. The van der Waals surface area contributed by atoms with Crippen LogP contribution in [0.25, 0.3) is 11.0 Å². The molecule has 146 valence electrons. The fourth-order valence-electron chi connectivity index (χ4n) is 2.39. The van der Waals surface area contributed by atoms with Gasteiger partial charge in [0.1, 0.15) is 18.0 Å². The van der Waals surface area contributed by atoms with Gasteiger partial charge in [0.05, 0.1) is 11.8 Å². The van der Waals surface area contributed by atoms with Gasteiger partial charge in [-0.1, -0.05) is 45.3 Å². The normalized spacial score (nSPS) is 12.7. The quantitative estimate of drug-likeness (QED) is 0.304. The lowest BCUT2D eigenvalue weighted by Crippen LogP contribution is -2.22. The standard InChI is InChI=1S/C19H34N2O3Si2/c1-25(2,3)12-10-22-15-21-14-20-17-8-7-9-18(19(17)21)24-16-23-11-13-26(4,5)6/h7-9,14H,10-13,15-16H2,1-6H3. The number of aromatic nitrogens is 2. The third-order valence-electron chi connectivity index (χ3n) is 4.12. The minimum atomic E-state index is -1.07. The second kappa shape index (κ2) is 9.17. The van der Waals surface area contributed by atoms with Crippen molar-refractivity contribution in [3.05, 3.63) is 24.5 Å². The van der Waals surface area contributed by atoms with Crippen molar-refractivity contribution in [2.75, 3.05) is 20.0 Å². The Morgan fingerprint density at radius 1 is 0.923 bits per heavy atom. The molecule has 0 aliphatic heterocycles. The Morgan fingerprint density at radius 2 is 1.58 bits per heavy atom. The van der Waals surface area contributed by atoms with Crippen LogP contribution in [0.2, 0.25) is 51.4 Å². The van der Waals surface area contributed by atoms with E-state index in [0.29, 0.717) is 6.73 Å². The molecule has 1 aromatic carbocycles. The summed E-state index contributed by atoms with van der Waals surface area (Å²) in [5.74, 6) is 0.793. The average molecular weight is 395 g/mol. The molecule has 0 aliphatic rings. The first-order chi connectivity index (χ1) is 12.2. The minimum Gasteiger partial charge on any atom is -0.465 e. The fraction of sp³-hybridized carbons (Fsp3) is 0.632. The van der Waals surface area contributed by atoms with Gasteiger partial charge in [0.15, 0.2) is 6.79 Å². The van der Waals surface area contributed by atoms with E-state index in [9.17, 15) is 0 Å². The smallest absolute Gasteiger partial charge is 0.189 e. The number of para-hydroxylation sites is 1. The van der Waals surface area contributed by atoms with Crippen molar-refractivity contribution < 1.29 is 14.2 Å². The summed E-state index contributed by atoms with van der Waals surface area (Å²) in [6.07, 6.45) is 1.82. The van der Waals surface area contributed by atoms with E-state index in [-0.39, 0.29) is 6.79 Å². The van der Waals surface area contributed by atoms with E-state index in [1.165, 1.54) is 0 Å². The van der Waals surface area contributed by atoms with Gasteiger partial charge in [0.2, 0.25) is 0 Å². The van der Waals surface area contributed by atoms with Gasteiger partial charge in [-0.2, -0.15) is 0 Å². The lowest BCUT2D eigenvalue weighted by atomic mass is 10.3. The lowest BCUT2D eigenvalue weighted by Gasteiger charge is -2.16. The molecule has 0 N–H and O–H groups in total. The van der Waals surface area contributed by atoms with Crippen LogP contribution in [0, 0.1) is 0 Å². The maximum Gasteiger partial charge on any atom is 0.189 e. The third kappa shape index (κ3) is 7.22. The highest BCUT2D eigenvalue weighted by atomic mass is 28.3. The zero-order chi connectivity index (χ0) is 19.2. The molecule has 26 heavy (non-hydrogen) atoms. The van der Waals surface area contributed by atoms with Crippen molar-refractivity contribution in [2.24, 2.45) is 0 Å². The number of rotatable bonds is 11. The molecule has 1 aromatic heterocycles. The molecule has 0 spiro atoms. The molecular formula is C19H34N2O3Si2. The summed E-state index contributed by atoms with van der Waals surface area (Å²) in [6, 6.07) is 8.22. The van der Waals surface area contributed by atoms with Gasteiger partial charge in [-0.25, -0.2) is 4.98 Å². The summed E-state index contributed by atoms with van der Waals surface area (Å²) in [7, 11) is -2.14. The maximum atomic E-state index is 5.88. The fourth-order valence-corrected chi connectivity index (χ4v) is 3.90. The van der Waals surface area contributed by atoms with Gasteiger partial charge in [0.25, 0.3) is 0 Å². The molecule has 1 heterocycles. The van der Waals surface area contributed by atoms with Gasteiger partial charge in [-0.3, -0.25) is 0 Å². The second-order valence-electron chi connectivity index (χ2n) is 9.17. The van der Waals surface area contributed by atoms with Crippen molar-refractivity contribution in [3.8, 4) is 5.75 Å². The highest BCUT2D eigenvalue weighted by Gasteiger charge is 2.14. The van der Waals surface area contributed by atoms with Crippen LogP contribution in [0.1, 0.15) is 0 Å². The summed E-state index contributed by atoms with van der Waals surface area (Å²) in [5, 5.41) is 0. The van der Waals surface area contributed by atoms with Gasteiger partial charge in [-0.05, 0) is 24.2 Å². The van der Waals surface area contributed by atoms with E-state index in [1.54, 1.807) is 0 Å². The predicted octanol–water partition coefficient (Wildman–Crippen LogP) is 5.04. The molecule has 5 nitrogen and oxygen atoms in total. The summed E-state index contributed by atoms with van der Waals surface area (Å²) in [6.45, 7) is 16.4. The van der Waals surface area contributed by atoms with E-state index in [2.05, 4.69) is 44.3 Å². The van der Waals surface area contributed by atoms with Crippen LogP contribution in [-0.4, -0.2) is 45.7 Å². The topological polar surface area (TPSA) is 45.5 Å². The highest BCUT2D eigenvalue weighted by Crippen LogP contribution is 2.25. The molecule has 0 amide bonds. The Kier molecular flexibility index (Phi) is 7.46. The molecule has 0 atom stereocenters. The number of fused-ring (bicyclic) bond motifs is 1.